The van der Waals surface area contributed by atoms with Gasteiger partial charge in [0, 0.05) is 43.3 Å². The second-order valence-corrected chi connectivity index (χ2v) is 8.72. The summed E-state index contributed by atoms with van der Waals surface area (Å²) in [4.78, 5) is 17.4. The minimum absolute atomic E-state index is 0.106. The van der Waals surface area contributed by atoms with E-state index in [0.29, 0.717) is 36.1 Å². The number of hydrogen-bond acceptors (Lipinski definition) is 5. The van der Waals surface area contributed by atoms with Crippen LogP contribution < -0.4 is 0 Å². The fraction of sp³-hybridized carbons (Fsp3) is 0.409. The van der Waals surface area contributed by atoms with Crippen LogP contribution in [0.1, 0.15) is 38.8 Å². The number of rotatable bonds is 5. The van der Waals surface area contributed by atoms with Gasteiger partial charge in [0.2, 0.25) is 0 Å². The molecule has 2 aromatic heterocycles. The summed E-state index contributed by atoms with van der Waals surface area (Å²) < 4.78 is 7.16. The van der Waals surface area contributed by atoms with Gasteiger partial charge < -0.3 is 9.42 Å². The summed E-state index contributed by atoms with van der Waals surface area (Å²) in [5, 5.41) is 9.92. The van der Waals surface area contributed by atoms with E-state index in [0.717, 1.165) is 41.6 Å². The normalized spacial score (nSPS) is 14.9. The number of carbonyl (C=O) groups is 1. The number of aryl methyl sites for hydroxylation is 2. The van der Waals surface area contributed by atoms with Crippen LogP contribution in [0.25, 0.3) is 0 Å². The SMILES string of the molecule is Cc1nn(Cc2c(C(=O)N3CCN(Cc4ccc(Cl)cc4)CC3)noc2C)c(C)c1Cl. The van der Waals surface area contributed by atoms with Crippen LogP contribution in [0.15, 0.2) is 28.8 Å². The van der Waals surface area contributed by atoms with Crippen molar-refractivity contribution in [3.63, 3.8) is 0 Å². The molecule has 1 aliphatic rings. The van der Waals surface area contributed by atoms with Crippen molar-refractivity contribution in [1.82, 2.24) is 24.7 Å². The van der Waals surface area contributed by atoms with Crippen molar-refractivity contribution >= 4 is 29.1 Å². The van der Waals surface area contributed by atoms with Crippen LogP contribution in [0.4, 0.5) is 0 Å². The van der Waals surface area contributed by atoms with Gasteiger partial charge in [0.15, 0.2) is 5.69 Å². The summed E-state index contributed by atoms with van der Waals surface area (Å²) in [5.41, 5.74) is 3.93. The van der Waals surface area contributed by atoms with E-state index in [1.807, 2.05) is 49.9 Å². The molecule has 1 fully saturated rings. The number of carbonyl (C=O) groups excluding carboxylic acids is 1. The van der Waals surface area contributed by atoms with E-state index in [1.165, 1.54) is 5.56 Å². The van der Waals surface area contributed by atoms with Crippen molar-refractivity contribution in [3.8, 4) is 0 Å². The highest BCUT2D eigenvalue weighted by atomic mass is 35.5. The van der Waals surface area contributed by atoms with E-state index in [2.05, 4.69) is 15.2 Å². The molecule has 0 radical (unpaired) electrons. The van der Waals surface area contributed by atoms with Crippen LogP contribution in [0.2, 0.25) is 10.0 Å². The molecular formula is C22H25Cl2N5O2. The highest BCUT2D eigenvalue weighted by Gasteiger charge is 2.28. The largest absolute Gasteiger partial charge is 0.361 e. The van der Waals surface area contributed by atoms with E-state index in [1.54, 1.807) is 4.68 Å². The maximum atomic E-state index is 13.2. The average molecular weight is 462 g/mol. The minimum atomic E-state index is -0.106. The van der Waals surface area contributed by atoms with Crippen LogP contribution >= 0.6 is 23.2 Å². The molecule has 9 heteroatoms. The molecule has 164 valence electrons. The number of hydrogen-bond donors (Lipinski definition) is 0. The van der Waals surface area contributed by atoms with Gasteiger partial charge in [-0.1, -0.05) is 40.5 Å². The van der Waals surface area contributed by atoms with Gasteiger partial charge in [0.1, 0.15) is 5.76 Å². The smallest absolute Gasteiger partial charge is 0.276 e. The first kappa shape index (κ1) is 21.9. The molecule has 4 rings (SSSR count). The van der Waals surface area contributed by atoms with Crippen LogP contribution in [0.3, 0.4) is 0 Å². The number of halogens is 2. The highest BCUT2D eigenvalue weighted by molar-refractivity contribution is 6.31. The first-order valence-corrected chi connectivity index (χ1v) is 11.0. The molecule has 0 unspecified atom stereocenters. The molecule has 1 saturated heterocycles. The number of nitrogens with zero attached hydrogens (tertiary/aromatic N) is 5. The van der Waals surface area contributed by atoms with E-state index < -0.39 is 0 Å². The van der Waals surface area contributed by atoms with Crippen LogP contribution in [0.5, 0.6) is 0 Å². The van der Waals surface area contributed by atoms with Gasteiger partial charge in [0.25, 0.3) is 5.91 Å². The summed E-state index contributed by atoms with van der Waals surface area (Å²) >= 11 is 12.2. The topological polar surface area (TPSA) is 67.4 Å². The van der Waals surface area contributed by atoms with Gasteiger partial charge in [-0.3, -0.25) is 14.4 Å². The van der Waals surface area contributed by atoms with Crippen LogP contribution in [-0.4, -0.2) is 56.8 Å². The first-order chi connectivity index (χ1) is 14.8. The van der Waals surface area contributed by atoms with Gasteiger partial charge in [-0.05, 0) is 38.5 Å². The summed E-state index contributed by atoms with van der Waals surface area (Å²) in [7, 11) is 0. The van der Waals surface area contributed by atoms with Crippen LogP contribution in [0, 0.1) is 20.8 Å². The Morgan fingerprint density at radius 2 is 1.71 bits per heavy atom. The first-order valence-electron chi connectivity index (χ1n) is 10.2. The Hall–Kier alpha value is -2.35. The predicted octanol–water partition coefficient (Wildman–Crippen LogP) is 4.11. The second kappa shape index (κ2) is 9.02. The van der Waals surface area contributed by atoms with E-state index >= 15 is 0 Å². The Morgan fingerprint density at radius 1 is 1.03 bits per heavy atom. The van der Waals surface area contributed by atoms with Gasteiger partial charge in [0.05, 0.1) is 23.0 Å². The number of amides is 1. The Labute approximate surface area is 191 Å². The molecule has 0 bridgehead atoms. The number of benzene rings is 1. The summed E-state index contributed by atoms with van der Waals surface area (Å²) in [5.74, 6) is 0.513. The molecule has 1 amide bonds. The highest BCUT2D eigenvalue weighted by Crippen LogP contribution is 2.23. The lowest BCUT2D eigenvalue weighted by Gasteiger charge is -2.34. The zero-order valence-corrected chi connectivity index (χ0v) is 19.4. The molecule has 0 spiro atoms. The fourth-order valence-electron chi connectivity index (χ4n) is 3.83. The molecular weight excluding hydrogens is 437 g/mol. The molecule has 1 aromatic carbocycles. The Balaban J connectivity index is 1.42. The Kier molecular flexibility index (Phi) is 6.36. The maximum absolute atomic E-state index is 13.2. The monoisotopic (exact) mass is 461 g/mol. The quantitative estimate of drug-likeness (QED) is 0.571. The lowest BCUT2D eigenvalue weighted by Crippen LogP contribution is -2.48. The average Bonchev–Trinajstić information content (AvgIpc) is 3.24. The lowest BCUT2D eigenvalue weighted by molar-refractivity contribution is 0.0617. The van der Waals surface area contributed by atoms with Crippen molar-refractivity contribution in [2.24, 2.45) is 0 Å². The third-order valence-electron chi connectivity index (χ3n) is 5.77. The van der Waals surface area contributed by atoms with Crippen molar-refractivity contribution in [3.05, 3.63) is 68.3 Å². The van der Waals surface area contributed by atoms with E-state index in [9.17, 15) is 4.79 Å². The molecule has 1 aliphatic heterocycles. The third-order valence-corrected chi connectivity index (χ3v) is 6.57. The van der Waals surface area contributed by atoms with Gasteiger partial charge >= 0.3 is 0 Å². The summed E-state index contributed by atoms with van der Waals surface area (Å²) in [6.45, 7) is 9.71. The van der Waals surface area contributed by atoms with E-state index in [-0.39, 0.29) is 5.91 Å². The summed E-state index contributed by atoms with van der Waals surface area (Å²) in [6.07, 6.45) is 0. The molecule has 31 heavy (non-hydrogen) atoms. The summed E-state index contributed by atoms with van der Waals surface area (Å²) in [6, 6.07) is 7.88. The molecule has 0 N–H and O–H groups in total. The zero-order chi connectivity index (χ0) is 22.1. The Bertz CT molecular complexity index is 1080. The van der Waals surface area contributed by atoms with Gasteiger partial charge in [-0.15, -0.1) is 0 Å². The van der Waals surface area contributed by atoms with E-state index in [4.69, 9.17) is 27.7 Å². The molecule has 0 saturated carbocycles. The maximum Gasteiger partial charge on any atom is 0.276 e. The zero-order valence-electron chi connectivity index (χ0n) is 17.9. The molecule has 7 nitrogen and oxygen atoms in total. The standard InChI is InChI=1S/C22H25Cl2N5O2/c1-14-20(24)15(2)29(25-14)13-19-16(3)31-26-21(19)22(30)28-10-8-27(9-11-28)12-17-4-6-18(23)7-5-17/h4-7H,8-13H2,1-3H3. The molecule has 0 atom stereocenters. The van der Waals surface area contributed by atoms with Crippen molar-refractivity contribution in [2.75, 3.05) is 26.2 Å². The number of aromatic nitrogens is 3. The van der Waals surface area contributed by atoms with Crippen molar-refractivity contribution < 1.29 is 9.32 Å². The van der Waals surface area contributed by atoms with Gasteiger partial charge in [-0.2, -0.15) is 5.10 Å². The number of piperazine rings is 1. The fourth-order valence-corrected chi connectivity index (χ4v) is 4.09. The molecule has 0 aliphatic carbocycles. The van der Waals surface area contributed by atoms with Gasteiger partial charge in [-0.25, -0.2) is 0 Å². The minimum Gasteiger partial charge on any atom is -0.361 e. The Morgan fingerprint density at radius 3 is 2.32 bits per heavy atom. The van der Waals surface area contributed by atoms with Crippen molar-refractivity contribution in [2.45, 2.75) is 33.9 Å². The second-order valence-electron chi connectivity index (χ2n) is 7.90. The van der Waals surface area contributed by atoms with Crippen molar-refractivity contribution in [1.29, 1.82) is 0 Å². The lowest BCUT2D eigenvalue weighted by atomic mass is 10.1. The third kappa shape index (κ3) is 4.63. The van der Waals surface area contributed by atoms with Crippen LogP contribution in [-0.2, 0) is 13.1 Å². The molecule has 3 heterocycles. The molecule has 3 aromatic rings. The predicted molar refractivity (Wildman–Crippen MR) is 120 cm³/mol.